The topological polar surface area (TPSA) is 62.9 Å². The Morgan fingerprint density at radius 2 is 1.38 bits per heavy atom. The lowest BCUT2D eigenvalue weighted by molar-refractivity contribution is 0.356. The number of nitrogens with two attached hydrogens (primary N) is 1. The maximum Gasteiger partial charge on any atom is 0.250 e. The van der Waals surface area contributed by atoms with Crippen LogP contribution in [-0.4, -0.2) is 29.6 Å². The Labute approximate surface area is 175 Å². The molecule has 0 aliphatic carbocycles. The van der Waals surface area contributed by atoms with Crippen LogP contribution in [0.3, 0.4) is 0 Å². The van der Waals surface area contributed by atoms with Gasteiger partial charge in [0.15, 0.2) is 17.2 Å². The van der Waals surface area contributed by atoms with Crippen LogP contribution >= 0.6 is 0 Å². The van der Waals surface area contributed by atoms with Crippen molar-refractivity contribution in [3.63, 3.8) is 0 Å². The summed E-state index contributed by atoms with van der Waals surface area (Å²) in [5, 5.41) is 0.0982. The van der Waals surface area contributed by atoms with E-state index in [-0.39, 0.29) is 5.04 Å². The zero-order valence-corrected chi connectivity index (χ0v) is 19.8. The molecule has 0 heterocycles. The number of methoxy groups -OCH3 is 3. The average Bonchev–Trinajstić information content (AvgIpc) is 2.64. The quantitative estimate of drug-likeness (QED) is 0.349. The van der Waals surface area contributed by atoms with Crippen LogP contribution in [0.2, 0.25) is 18.1 Å². The van der Waals surface area contributed by atoms with Crippen LogP contribution in [0.1, 0.15) is 31.9 Å². The van der Waals surface area contributed by atoms with Gasteiger partial charge in [-0.2, -0.15) is 0 Å². The predicted octanol–water partition coefficient (Wildman–Crippen LogP) is 5.85. The van der Waals surface area contributed by atoms with E-state index in [1.807, 2.05) is 42.5 Å². The second-order valence-corrected chi connectivity index (χ2v) is 13.2. The number of rotatable bonds is 7. The smallest absolute Gasteiger partial charge is 0.250 e. The zero-order chi connectivity index (χ0) is 21.8. The molecule has 2 aromatic carbocycles. The van der Waals surface area contributed by atoms with E-state index in [1.165, 1.54) is 0 Å². The normalized spacial score (nSPS) is 12.1. The van der Waals surface area contributed by atoms with Gasteiger partial charge >= 0.3 is 0 Å². The lowest BCUT2D eigenvalue weighted by Gasteiger charge is -2.36. The van der Waals surface area contributed by atoms with Crippen molar-refractivity contribution in [1.82, 2.24) is 0 Å². The number of nitrogen functional groups attached to an aromatic ring is 1. The fourth-order valence-electron chi connectivity index (χ4n) is 2.61. The number of ether oxygens (including phenoxy) is 3. The Balaban J connectivity index is 2.36. The van der Waals surface area contributed by atoms with E-state index in [1.54, 1.807) is 21.3 Å². The molecule has 158 valence electrons. The highest BCUT2D eigenvalue weighted by atomic mass is 28.4. The molecular formula is C23H33NO4Si. The van der Waals surface area contributed by atoms with Crippen molar-refractivity contribution in [2.75, 3.05) is 27.1 Å². The molecule has 2 rings (SSSR count). The van der Waals surface area contributed by atoms with Crippen molar-refractivity contribution in [2.45, 2.75) is 38.9 Å². The highest BCUT2D eigenvalue weighted by molar-refractivity contribution is 6.74. The van der Waals surface area contributed by atoms with Gasteiger partial charge in [-0.15, -0.1) is 0 Å². The van der Waals surface area contributed by atoms with Crippen LogP contribution in [0.4, 0.5) is 5.69 Å². The largest absolute Gasteiger partial charge is 0.541 e. The van der Waals surface area contributed by atoms with Crippen molar-refractivity contribution in [2.24, 2.45) is 0 Å². The van der Waals surface area contributed by atoms with Gasteiger partial charge in [-0.3, -0.25) is 0 Å². The van der Waals surface area contributed by atoms with Crippen molar-refractivity contribution in [3.05, 3.63) is 41.5 Å². The van der Waals surface area contributed by atoms with E-state index in [0.717, 1.165) is 22.6 Å². The molecule has 0 aliphatic rings. The summed E-state index contributed by atoms with van der Waals surface area (Å²) in [4.78, 5) is 0. The minimum absolute atomic E-state index is 0.0982. The van der Waals surface area contributed by atoms with E-state index in [0.29, 0.717) is 17.2 Å². The third kappa shape index (κ3) is 5.26. The Morgan fingerprint density at radius 3 is 1.93 bits per heavy atom. The second-order valence-electron chi connectivity index (χ2n) is 8.45. The van der Waals surface area contributed by atoms with Gasteiger partial charge in [0.2, 0.25) is 0 Å². The van der Waals surface area contributed by atoms with E-state index in [4.69, 9.17) is 24.4 Å². The summed E-state index contributed by atoms with van der Waals surface area (Å²) in [5.74, 6) is 2.65. The van der Waals surface area contributed by atoms with Gasteiger partial charge in [0.25, 0.3) is 8.32 Å². The SMILES string of the molecule is COc1ccc(C=Cc2cc(N)c(OC)c(OC)c2)cc1O[Si](C)(C)C(C)(C)C. The number of benzene rings is 2. The summed E-state index contributed by atoms with van der Waals surface area (Å²) in [7, 11) is 2.85. The maximum atomic E-state index is 6.49. The van der Waals surface area contributed by atoms with Crippen LogP contribution in [0.5, 0.6) is 23.0 Å². The minimum Gasteiger partial charge on any atom is -0.541 e. The van der Waals surface area contributed by atoms with E-state index >= 15 is 0 Å². The molecule has 0 aliphatic heterocycles. The molecule has 2 N–H and O–H groups in total. The molecule has 0 atom stereocenters. The van der Waals surface area contributed by atoms with Gasteiger partial charge in [-0.1, -0.05) is 39.0 Å². The van der Waals surface area contributed by atoms with Crippen molar-refractivity contribution in [3.8, 4) is 23.0 Å². The summed E-state index contributed by atoms with van der Waals surface area (Å²) < 4.78 is 22.7. The Morgan fingerprint density at radius 1 is 0.793 bits per heavy atom. The fourth-order valence-corrected chi connectivity index (χ4v) is 3.62. The van der Waals surface area contributed by atoms with Gasteiger partial charge in [-0.25, -0.2) is 0 Å². The summed E-state index contributed by atoms with van der Waals surface area (Å²) in [6.07, 6.45) is 3.99. The molecule has 0 saturated carbocycles. The monoisotopic (exact) mass is 415 g/mol. The maximum absolute atomic E-state index is 6.49. The molecular weight excluding hydrogens is 382 g/mol. The fraction of sp³-hybridized carbons (Fsp3) is 0.391. The van der Waals surface area contributed by atoms with Crippen LogP contribution in [0.25, 0.3) is 12.2 Å². The van der Waals surface area contributed by atoms with Gasteiger partial charge in [-0.05, 0) is 53.5 Å². The van der Waals surface area contributed by atoms with Gasteiger partial charge < -0.3 is 24.4 Å². The first-order valence-electron chi connectivity index (χ1n) is 9.59. The van der Waals surface area contributed by atoms with Gasteiger partial charge in [0.05, 0.1) is 27.0 Å². The molecule has 6 heteroatoms. The lowest BCUT2D eigenvalue weighted by atomic mass is 10.1. The Kier molecular flexibility index (Phi) is 6.90. The molecule has 0 aromatic heterocycles. The Hall–Kier alpha value is -2.60. The summed E-state index contributed by atoms with van der Waals surface area (Å²) in [6, 6.07) is 9.69. The number of anilines is 1. The first-order valence-corrected chi connectivity index (χ1v) is 12.5. The predicted molar refractivity (Wildman–Crippen MR) is 124 cm³/mol. The van der Waals surface area contributed by atoms with Crippen LogP contribution in [0.15, 0.2) is 30.3 Å². The number of hydrogen-bond donors (Lipinski definition) is 1. The highest BCUT2D eigenvalue weighted by Gasteiger charge is 2.39. The van der Waals surface area contributed by atoms with Crippen LogP contribution in [-0.2, 0) is 0 Å². The van der Waals surface area contributed by atoms with Crippen LogP contribution < -0.4 is 24.4 Å². The van der Waals surface area contributed by atoms with Gasteiger partial charge in [0.1, 0.15) is 5.75 Å². The summed E-state index contributed by atoms with van der Waals surface area (Å²) in [5.41, 5.74) is 8.54. The average molecular weight is 416 g/mol. The second kappa shape index (κ2) is 8.82. The third-order valence-electron chi connectivity index (χ3n) is 5.36. The molecule has 0 fully saturated rings. The van der Waals surface area contributed by atoms with Crippen molar-refractivity contribution >= 4 is 26.2 Å². The number of hydrogen-bond acceptors (Lipinski definition) is 5. The van der Waals surface area contributed by atoms with Crippen LogP contribution in [0, 0.1) is 0 Å². The van der Waals surface area contributed by atoms with Gasteiger partial charge in [0, 0.05) is 0 Å². The summed E-state index contributed by atoms with van der Waals surface area (Å²) >= 11 is 0. The molecule has 0 spiro atoms. The van der Waals surface area contributed by atoms with E-state index < -0.39 is 8.32 Å². The minimum atomic E-state index is -1.98. The lowest BCUT2D eigenvalue weighted by Crippen LogP contribution is -2.43. The molecule has 5 nitrogen and oxygen atoms in total. The molecule has 0 unspecified atom stereocenters. The molecule has 2 aromatic rings. The molecule has 0 amide bonds. The molecule has 0 saturated heterocycles. The molecule has 0 radical (unpaired) electrons. The zero-order valence-electron chi connectivity index (χ0n) is 18.8. The molecule has 29 heavy (non-hydrogen) atoms. The highest BCUT2D eigenvalue weighted by Crippen LogP contribution is 2.40. The Bertz CT molecular complexity index is 885. The van der Waals surface area contributed by atoms with E-state index in [9.17, 15) is 0 Å². The van der Waals surface area contributed by atoms with E-state index in [2.05, 4.69) is 33.9 Å². The van der Waals surface area contributed by atoms with Crippen molar-refractivity contribution < 1.29 is 18.6 Å². The summed E-state index contributed by atoms with van der Waals surface area (Å²) in [6.45, 7) is 11.1. The first kappa shape index (κ1) is 22.7. The first-order chi connectivity index (χ1) is 13.5. The molecule has 0 bridgehead atoms. The van der Waals surface area contributed by atoms with Crippen molar-refractivity contribution in [1.29, 1.82) is 0 Å². The standard InChI is InChI=1S/C23H33NO4Si/c1-23(2,3)29(7,8)28-20-14-16(11-12-19(20)25-4)9-10-17-13-18(24)22(27-6)21(15-17)26-5/h9-15H,24H2,1-8H3. The third-order valence-corrected chi connectivity index (χ3v) is 9.70.